The summed E-state index contributed by atoms with van der Waals surface area (Å²) in [5.74, 6) is 2.99. The van der Waals surface area contributed by atoms with E-state index in [1.54, 1.807) is 0 Å². The fraction of sp³-hybridized carbons (Fsp3) is 1.00. The van der Waals surface area contributed by atoms with E-state index in [2.05, 4.69) is 13.8 Å². The average Bonchev–Trinajstić information content (AvgIpc) is 2.86. The third-order valence-corrected chi connectivity index (χ3v) is 8.56. The Morgan fingerprint density at radius 3 is 2.38 bits per heavy atom. The van der Waals surface area contributed by atoms with Crippen LogP contribution >= 0.6 is 0 Å². The molecule has 8 atom stereocenters. The summed E-state index contributed by atoms with van der Waals surface area (Å²) < 4.78 is 0. The van der Waals surface area contributed by atoms with Crippen molar-refractivity contribution in [3.05, 3.63) is 0 Å². The molecule has 0 aliphatic heterocycles. The number of hydrogen-bond donors (Lipinski definition) is 2. The van der Waals surface area contributed by atoms with Crippen LogP contribution < -0.4 is 0 Å². The zero-order valence-electron chi connectivity index (χ0n) is 13.7. The number of fused-ring (bicyclic) bond motifs is 5. The molecule has 21 heavy (non-hydrogen) atoms. The Balaban J connectivity index is 1.68. The Kier molecular flexibility index (Phi) is 3.25. The van der Waals surface area contributed by atoms with Crippen LogP contribution in [-0.2, 0) is 0 Å². The van der Waals surface area contributed by atoms with E-state index in [9.17, 15) is 10.2 Å². The van der Waals surface area contributed by atoms with Gasteiger partial charge in [-0.15, -0.1) is 0 Å². The zero-order valence-corrected chi connectivity index (χ0v) is 13.7. The van der Waals surface area contributed by atoms with Crippen molar-refractivity contribution in [1.29, 1.82) is 0 Å². The van der Waals surface area contributed by atoms with Crippen LogP contribution in [0.25, 0.3) is 0 Å². The van der Waals surface area contributed by atoms with Crippen molar-refractivity contribution in [1.82, 2.24) is 0 Å². The van der Waals surface area contributed by atoms with Crippen molar-refractivity contribution in [3.8, 4) is 0 Å². The van der Waals surface area contributed by atoms with Gasteiger partial charge >= 0.3 is 0 Å². The van der Waals surface area contributed by atoms with Crippen LogP contribution in [-0.4, -0.2) is 22.4 Å². The molecule has 0 radical (unpaired) electrons. The van der Waals surface area contributed by atoms with Gasteiger partial charge in [0.2, 0.25) is 0 Å². The van der Waals surface area contributed by atoms with Crippen molar-refractivity contribution in [2.45, 2.75) is 83.8 Å². The quantitative estimate of drug-likeness (QED) is 0.714. The van der Waals surface area contributed by atoms with Gasteiger partial charge in [-0.2, -0.15) is 0 Å². The van der Waals surface area contributed by atoms with E-state index < -0.39 is 12.2 Å². The lowest BCUT2D eigenvalue weighted by Gasteiger charge is -2.62. The van der Waals surface area contributed by atoms with Crippen LogP contribution in [0, 0.1) is 34.5 Å². The summed E-state index contributed by atoms with van der Waals surface area (Å²) in [4.78, 5) is 0. The van der Waals surface area contributed by atoms with Gasteiger partial charge in [-0.1, -0.05) is 20.3 Å². The summed E-state index contributed by atoms with van der Waals surface area (Å²) in [6.07, 6.45) is 10.5. The molecule has 0 aromatic rings. The van der Waals surface area contributed by atoms with E-state index in [0.29, 0.717) is 17.3 Å². The molecule has 0 saturated heterocycles. The third kappa shape index (κ3) is 1.84. The molecule has 2 nitrogen and oxygen atoms in total. The molecule has 0 aromatic heterocycles. The van der Waals surface area contributed by atoms with E-state index in [-0.39, 0.29) is 5.41 Å². The Morgan fingerprint density at radius 1 is 0.810 bits per heavy atom. The molecule has 0 heterocycles. The average molecular weight is 292 g/mol. The molecule has 0 aromatic carbocycles. The minimum absolute atomic E-state index is 0.0233. The first-order valence-electron chi connectivity index (χ1n) is 9.33. The molecule has 4 aliphatic carbocycles. The normalized spacial score (nSPS) is 60.0. The van der Waals surface area contributed by atoms with Crippen molar-refractivity contribution in [2.75, 3.05) is 0 Å². The molecule has 4 aliphatic rings. The van der Waals surface area contributed by atoms with Gasteiger partial charge in [-0.05, 0) is 80.5 Å². The maximum absolute atomic E-state index is 10.8. The van der Waals surface area contributed by atoms with Gasteiger partial charge in [0, 0.05) is 5.41 Å². The highest BCUT2D eigenvalue weighted by Gasteiger charge is 2.60. The largest absolute Gasteiger partial charge is 0.390 e. The van der Waals surface area contributed by atoms with Gasteiger partial charge in [-0.3, -0.25) is 0 Å². The smallest absolute Gasteiger partial charge is 0.0857 e. The molecular weight excluding hydrogens is 260 g/mol. The lowest BCUT2D eigenvalue weighted by Crippen LogP contribution is -2.60. The molecule has 0 bridgehead atoms. The van der Waals surface area contributed by atoms with Crippen LogP contribution in [0.4, 0.5) is 0 Å². The monoisotopic (exact) mass is 292 g/mol. The fourth-order valence-corrected chi connectivity index (χ4v) is 7.32. The number of aliphatic hydroxyl groups is 2. The summed E-state index contributed by atoms with van der Waals surface area (Å²) in [6, 6.07) is 0. The summed E-state index contributed by atoms with van der Waals surface area (Å²) in [7, 11) is 0. The maximum atomic E-state index is 10.8. The summed E-state index contributed by atoms with van der Waals surface area (Å²) in [5, 5.41) is 21.1. The first kappa shape index (κ1) is 14.5. The minimum atomic E-state index is -0.491. The summed E-state index contributed by atoms with van der Waals surface area (Å²) >= 11 is 0. The van der Waals surface area contributed by atoms with Gasteiger partial charge in [-0.25, -0.2) is 0 Å². The Labute approximate surface area is 129 Å². The highest BCUT2D eigenvalue weighted by molar-refractivity contribution is 5.10. The van der Waals surface area contributed by atoms with Crippen LogP contribution in [0.3, 0.4) is 0 Å². The molecule has 2 heteroatoms. The Hall–Kier alpha value is -0.0800. The van der Waals surface area contributed by atoms with Crippen molar-refractivity contribution in [2.24, 2.45) is 34.5 Å². The molecular formula is C19H32O2. The van der Waals surface area contributed by atoms with E-state index >= 15 is 0 Å². The van der Waals surface area contributed by atoms with Crippen LogP contribution in [0.15, 0.2) is 0 Å². The first-order valence-corrected chi connectivity index (χ1v) is 9.33. The van der Waals surface area contributed by atoms with Gasteiger partial charge in [0.25, 0.3) is 0 Å². The predicted octanol–water partition coefficient (Wildman–Crippen LogP) is 3.75. The standard InChI is InChI=1S/C19H32O2/c1-18-10-3-4-14(18)13-7-5-12-6-8-16(20)17(21)19(12,2)15(13)9-11-18/h12-17,20-21H,3-11H2,1-2H3/t12?,13-,14-,15+,16?,17?,18-,19-/m0/s1. The Bertz CT molecular complexity index is 418. The second-order valence-electron chi connectivity index (χ2n) is 9.19. The molecule has 3 unspecified atom stereocenters. The molecule has 4 saturated carbocycles. The van der Waals surface area contributed by atoms with Gasteiger partial charge in [0.1, 0.15) is 0 Å². The van der Waals surface area contributed by atoms with E-state index in [4.69, 9.17) is 0 Å². The van der Waals surface area contributed by atoms with E-state index in [1.807, 2.05) is 0 Å². The molecule has 120 valence electrons. The maximum Gasteiger partial charge on any atom is 0.0857 e. The van der Waals surface area contributed by atoms with Gasteiger partial charge in [0.05, 0.1) is 12.2 Å². The van der Waals surface area contributed by atoms with E-state index in [0.717, 1.165) is 24.7 Å². The lowest BCUT2D eigenvalue weighted by atomic mass is 9.44. The van der Waals surface area contributed by atoms with Crippen molar-refractivity contribution < 1.29 is 10.2 Å². The predicted molar refractivity (Wildman–Crippen MR) is 83.7 cm³/mol. The minimum Gasteiger partial charge on any atom is -0.390 e. The highest BCUT2D eigenvalue weighted by Crippen LogP contribution is 2.66. The van der Waals surface area contributed by atoms with Crippen molar-refractivity contribution >= 4 is 0 Å². The zero-order chi connectivity index (χ0) is 14.8. The molecule has 4 rings (SSSR count). The van der Waals surface area contributed by atoms with Gasteiger partial charge in [0.15, 0.2) is 0 Å². The van der Waals surface area contributed by atoms with Crippen LogP contribution in [0.5, 0.6) is 0 Å². The molecule has 0 amide bonds. The fourth-order valence-electron chi connectivity index (χ4n) is 7.32. The van der Waals surface area contributed by atoms with Crippen LogP contribution in [0.1, 0.15) is 71.6 Å². The number of hydrogen-bond acceptors (Lipinski definition) is 2. The van der Waals surface area contributed by atoms with Gasteiger partial charge < -0.3 is 10.2 Å². The van der Waals surface area contributed by atoms with Crippen LogP contribution in [0.2, 0.25) is 0 Å². The Morgan fingerprint density at radius 2 is 1.57 bits per heavy atom. The third-order valence-electron chi connectivity index (χ3n) is 8.56. The summed E-state index contributed by atoms with van der Waals surface area (Å²) in [6.45, 7) is 4.85. The molecule has 0 spiro atoms. The second-order valence-corrected chi connectivity index (χ2v) is 9.19. The topological polar surface area (TPSA) is 40.5 Å². The second kappa shape index (κ2) is 4.71. The molecule has 4 fully saturated rings. The lowest BCUT2D eigenvalue weighted by molar-refractivity contribution is -0.193. The highest BCUT2D eigenvalue weighted by atomic mass is 16.3. The summed E-state index contributed by atoms with van der Waals surface area (Å²) in [5.41, 5.74) is 0.563. The SMILES string of the molecule is C[C@@]12CCC[C@H]1[C@@H]1CCC3CCC(O)C(O)[C@]3(C)[C@@H]1CC2. The van der Waals surface area contributed by atoms with Crippen molar-refractivity contribution in [3.63, 3.8) is 0 Å². The van der Waals surface area contributed by atoms with E-state index in [1.165, 1.54) is 44.9 Å². The number of rotatable bonds is 0. The molecule has 2 N–H and O–H groups in total. The first-order chi connectivity index (χ1) is 9.97. The number of aliphatic hydroxyl groups excluding tert-OH is 2.